The molecule has 15 heavy (non-hydrogen) atoms. The van der Waals surface area contributed by atoms with E-state index in [4.69, 9.17) is 0 Å². The first-order chi connectivity index (χ1) is 7.31. The van der Waals surface area contributed by atoms with Crippen LogP contribution >= 0.6 is 0 Å². The van der Waals surface area contributed by atoms with E-state index in [1.54, 1.807) is 0 Å². The third-order valence-electron chi connectivity index (χ3n) is 3.85. The molecule has 0 spiro atoms. The van der Waals surface area contributed by atoms with Crippen LogP contribution in [0.25, 0.3) is 0 Å². The van der Waals surface area contributed by atoms with E-state index in [-0.39, 0.29) is 5.54 Å². The molecular formula is C13H18N2. The molecule has 1 saturated heterocycles. The van der Waals surface area contributed by atoms with Crippen molar-refractivity contribution in [1.29, 1.82) is 0 Å². The highest BCUT2D eigenvalue weighted by molar-refractivity contribution is 5.29. The normalized spacial score (nSPS) is 30.7. The highest BCUT2D eigenvalue weighted by atomic mass is 15.0. The van der Waals surface area contributed by atoms with Crippen molar-refractivity contribution in [1.82, 2.24) is 10.3 Å². The summed E-state index contributed by atoms with van der Waals surface area (Å²) < 4.78 is 0. The highest BCUT2D eigenvalue weighted by Crippen LogP contribution is 2.50. The lowest BCUT2D eigenvalue weighted by atomic mass is 9.84. The van der Waals surface area contributed by atoms with Crippen LogP contribution in [0.3, 0.4) is 0 Å². The summed E-state index contributed by atoms with van der Waals surface area (Å²) in [5.41, 5.74) is 2.97. The minimum Gasteiger partial charge on any atom is -0.307 e. The van der Waals surface area contributed by atoms with E-state index >= 15 is 0 Å². The van der Waals surface area contributed by atoms with Gasteiger partial charge >= 0.3 is 0 Å². The summed E-state index contributed by atoms with van der Waals surface area (Å²) in [4.78, 5) is 4.34. The Morgan fingerprint density at radius 1 is 1.40 bits per heavy atom. The van der Waals surface area contributed by atoms with E-state index in [1.807, 2.05) is 6.20 Å². The molecule has 1 unspecified atom stereocenters. The van der Waals surface area contributed by atoms with Gasteiger partial charge in [0.2, 0.25) is 0 Å². The molecule has 2 heteroatoms. The average Bonchev–Trinajstić information content (AvgIpc) is 2.98. The molecule has 2 heterocycles. The summed E-state index contributed by atoms with van der Waals surface area (Å²) in [5.74, 6) is 0.864. The smallest absolute Gasteiger partial charge is 0.0479 e. The number of pyridine rings is 1. The molecule has 80 valence electrons. The van der Waals surface area contributed by atoms with Crippen LogP contribution in [0.15, 0.2) is 18.5 Å². The fourth-order valence-corrected chi connectivity index (χ4v) is 2.97. The maximum atomic E-state index is 4.34. The molecule has 0 aromatic carbocycles. The largest absolute Gasteiger partial charge is 0.307 e. The molecule has 1 aliphatic heterocycles. The van der Waals surface area contributed by atoms with Crippen LogP contribution in [-0.2, 0) is 5.54 Å². The Hall–Kier alpha value is -0.890. The Labute approximate surface area is 91.1 Å². The Morgan fingerprint density at radius 2 is 2.27 bits per heavy atom. The summed E-state index contributed by atoms with van der Waals surface area (Å²) in [7, 11) is 0. The molecule has 1 aromatic rings. The number of aryl methyl sites for hydroxylation is 1. The zero-order valence-corrected chi connectivity index (χ0v) is 9.29. The highest BCUT2D eigenvalue weighted by Gasteiger charge is 2.47. The number of nitrogens with one attached hydrogen (secondary N) is 1. The maximum Gasteiger partial charge on any atom is 0.0479 e. The third-order valence-corrected chi connectivity index (χ3v) is 3.85. The fraction of sp³-hybridized carbons (Fsp3) is 0.615. The van der Waals surface area contributed by atoms with Gasteiger partial charge in [-0.25, -0.2) is 0 Å². The van der Waals surface area contributed by atoms with Crippen LogP contribution in [0.2, 0.25) is 0 Å². The van der Waals surface area contributed by atoms with E-state index in [1.165, 1.54) is 43.4 Å². The Bertz CT molecular complexity index is 363. The molecule has 0 radical (unpaired) electrons. The summed E-state index contributed by atoms with van der Waals surface area (Å²) in [6.07, 6.45) is 9.39. The molecular weight excluding hydrogens is 184 g/mol. The number of hydrogen-bond acceptors (Lipinski definition) is 2. The van der Waals surface area contributed by atoms with Gasteiger partial charge in [-0.3, -0.25) is 4.98 Å². The molecule has 2 fully saturated rings. The zero-order chi connectivity index (χ0) is 10.3. The van der Waals surface area contributed by atoms with Gasteiger partial charge in [-0.1, -0.05) is 6.07 Å². The van der Waals surface area contributed by atoms with Gasteiger partial charge in [-0.15, -0.1) is 0 Å². The van der Waals surface area contributed by atoms with Crippen molar-refractivity contribution in [3.05, 3.63) is 29.6 Å². The first-order valence-electron chi connectivity index (χ1n) is 5.98. The second-order valence-corrected chi connectivity index (χ2v) is 5.03. The van der Waals surface area contributed by atoms with E-state index in [9.17, 15) is 0 Å². The quantitative estimate of drug-likeness (QED) is 0.796. The van der Waals surface area contributed by atoms with Gasteiger partial charge in [0.15, 0.2) is 0 Å². The standard InChI is InChI=1S/C13H18N2/c1-10-7-12(9-14-8-10)13(11-3-4-11)5-2-6-15-13/h7-9,11,15H,2-6H2,1H3. The summed E-state index contributed by atoms with van der Waals surface area (Å²) in [6, 6.07) is 2.31. The molecule has 0 amide bonds. The molecule has 1 atom stereocenters. The Balaban J connectivity index is 2.01. The first kappa shape index (κ1) is 9.34. The molecule has 2 nitrogen and oxygen atoms in total. The number of rotatable bonds is 2. The Morgan fingerprint density at radius 3 is 2.87 bits per heavy atom. The van der Waals surface area contributed by atoms with Crippen LogP contribution in [-0.4, -0.2) is 11.5 Å². The van der Waals surface area contributed by atoms with Crippen molar-refractivity contribution in [3.63, 3.8) is 0 Å². The molecule has 2 aliphatic rings. The lowest BCUT2D eigenvalue weighted by Gasteiger charge is -2.30. The predicted molar refractivity (Wildman–Crippen MR) is 60.6 cm³/mol. The molecule has 1 saturated carbocycles. The molecule has 0 bridgehead atoms. The van der Waals surface area contributed by atoms with Gasteiger partial charge in [0.25, 0.3) is 0 Å². The minimum absolute atomic E-state index is 0.277. The molecule has 1 aliphatic carbocycles. The van der Waals surface area contributed by atoms with Gasteiger partial charge in [-0.2, -0.15) is 0 Å². The van der Waals surface area contributed by atoms with Crippen molar-refractivity contribution in [2.75, 3.05) is 6.54 Å². The maximum absolute atomic E-state index is 4.34. The SMILES string of the molecule is Cc1cncc(C2(C3CC3)CCCN2)c1. The van der Waals surface area contributed by atoms with Crippen molar-refractivity contribution >= 4 is 0 Å². The lowest BCUT2D eigenvalue weighted by Crippen LogP contribution is -2.39. The topological polar surface area (TPSA) is 24.9 Å². The fourth-order valence-electron chi connectivity index (χ4n) is 2.97. The van der Waals surface area contributed by atoms with Crippen LogP contribution in [0.4, 0.5) is 0 Å². The van der Waals surface area contributed by atoms with Crippen LogP contribution < -0.4 is 5.32 Å². The zero-order valence-electron chi connectivity index (χ0n) is 9.29. The van der Waals surface area contributed by atoms with E-state index < -0.39 is 0 Å². The van der Waals surface area contributed by atoms with E-state index in [0.29, 0.717) is 0 Å². The van der Waals surface area contributed by atoms with Gasteiger partial charge in [0, 0.05) is 17.9 Å². The van der Waals surface area contributed by atoms with Crippen molar-refractivity contribution in [2.45, 2.75) is 38.1 Å². The van der Waals surface area contributed by atoms with Crippen LogP contribution in [0.1, 0.15) is 36.8 Å². The second-order valence-electron chi connectivity index (χ2n) is 5.03. The van der Waals surface area contributed by atoms with Crippen molar-refractivity contribution < 1.29 is 0 Å². The molecule has 3 rings (SSSR count). The summed E-state index contributed by atoms with van der Waals surface area (Å²) in [6.45, 7) is 3.30. The van der Waals surface area contributed by atoms with Crippen molar-refractivity contribution in [2.24, 2.45) is 5.92 Å². The average molecular weight is 202 g/mol. The third kappa shape index (κ3) is 1.48. The molecule has 1 N–H and O–H groups in total. The lowest BCUT2D eigenvalue weighted by molar-refractivity contribution is 0.335. The van der Waals surface area contributed by atoms with Crippen LogP contribution in [0.5, 0.6) is 0 Å². The van der Waals surface area contributed by atoms with Crippen molar-refractivity contribution in [3.8, 4) is 0 Å². The monoisotopic (exact) mass is 202 g/mol. The van der Waals surface area contributed by atoms with Gasteiger partial charge in [-0.05, 0) is 56.2 Å². The number of hydrogen-bond donors (Lipinski definition) is 1. The summed E-state index contributed by atoms with van der Waals surface area (Å²) in [5, 5.41) is 3.74. The minimum atomic E-state index is 0.277. The number of aromatic nitrogens is 1. The van der Waals surface area contributed by atoms with E-state index in [0.717, 1.165) is 5.92 Å². The summed E-state index contributed by atoms with van der Waals surface area (Å²) >= 11 is 0. The second kappa shape index (κ2) is 3.31. The van der Waals surface area contributed by atoms with Gasteiger partial charge < -0.3 is 5.32 Å². The predicted octanol–water partition coefficient (Wildman–Crippen LogP) is 2.38. The van der Waals surface area contributed by atoms with E-state index in [2.05, 4.69) is 29.5 Å². The Kier molecular flexibility index (Phi) is 2.06. The number of nitrogens with zero attached hydrogens (tertiary/aromatic N) is 1. The van der Waals surface area contributed by atoms with Crippen LogP contribution in [0, 0.1) is 12.8 Å². The first-order valence-corrected chi connectivity index (χ1v) is 5.98. The molecule has 1 aromatic heterocycles. The van der Waals surface area contributed by atoms with Gasteiger partial charge in [0.1, 0.15) is 0 Å². The van der Waals surface area contributed by atoms with Gasteiger partial charge in [0.05, 0.1) is 0 Å².